The summed E-state index contributed by atoms with van der Waals surface area (Å²) in [6, 6.07) is 21.0. The van der Waals surface area contributed by atoms with Crippen LogP contribution in [0.2, 0.25) is 0 Å². The van der Waals surface area contributed by atoms with Crippen LogP contribution < -0.4 is 5.32 Å². The second kappa shape index (κ2) is 10.4. The molecule has 2 fully saturated rings. The molecule has 0 saturated heterocycles. The Morgan fingerprint density at radius 1 is 0.946 bits per heavy atom. The van der Waals surface area contributed by atoms with Gasteiger partial charge in [0.05, 0.1) is 0 Å². The molecule has 5 rings (SSSR count). The molecule has 6 nitrogen and oxygen atoms in total. The lowest BCUT2D eigenvalue weighted by Crippen LogP contribution is -2.38. The van der Waals surface area contributed by atoms with Gasteiger partial charge in [-0.3, -0.25) is 9.59 Å². The Hall–Kier alpha value is -3.54. The average molecular weight is 497 g/mol. The van der Waals surface area contributed by atoms with E-state index in [0.29, 0.717) is 23.6 Å². The highest BCUT2D eigenvalue weighted by Gasteiger charge is 2.38. The van der Waals surface area contributed by atoms with Crippen LogP contribution in [0.15, 0.2) is 60.7 Å². The molecule has 0 aliphatic heterocycles. The monoisotopic (exact) mass is 496 g/mol. The predicted octanol–water partition coefficient (Wildman–Crippen LogP) is 6.23. The lowest BCUT2D eigenvalue weighted by molar-refractivity contribution is -0.130. The Morgan fingerprint density at radius 2 is 1.62 bits per heavy atom. The normalized spacial score (nSPS) is 20.2. The maximum atomic E-state index is 12.9. The molecular formula is C31H36N4O2. The lowest BCUT2D eigenvalue weighted by atomic mass is 9.83. The van der Waals surface area contributed by atoms with Gasteiger partial charge in [-0.2, -0.15) is 0 Å². The first-order valence-corrected chi connectivity index (χ1v) is 13.4. The summed E-state index contributed by atoms with van der Waals surface area (Å²) in [6.45, 7) is 3.92. The van der Waals surface area contributed by atoms with Gasteiger partial charge in [-0.1, -0.05) is 61.5 Å². The van der Waals surface area contributed by atoms with Crippen molar-refractivity contribution in [1.82, 2.24) is 15.1 Å². The van der Waals surface area contributed by atoms with E-state index in [2.05, 4.69) is 58.8 Å². The Labute approximate surface area is 219 Å². The number of benzene rings is 2. The van der Waals surface area contributed by atoms with Crippen molar-refractivity contribution in [2.75, 3.05) is 12.4 Å². The largest absolute Gasteiger partial charge is 0.343 e. The van der Waals surface area contributed by atoms with Crippen molar-refractivity contribution in [2.45, 2.75) is 70.3 Å². The summed E-state index contributed by atoms with van der Waals surface area (Å²) >= 11 is 0. The van der Waals surface area contributed by atoms with Crippen LogP contribution in [0.4, 0.5) is 5.82 Å². The predicted molar refractivity (Wildman–Crippen MR) is 147 cm³/mol. The van der Waals surface area contributed by atoms with Crippen molar-refractivity contribution < 1.29 is 9.59 Å². The molecule has 0 bridgehead atoms. The number of carbonyl (C=O) groups excluding carboxylic acids is 2. The van der Waals surface area contributed by atoms with E-state index in [1.807, 2.05) is 36.2 Å². The summed E-state index contributed by atoms with van der Waals surface area (Å²) in [6.07, 6.45) is 6.73. The first kappa shape index (κ1) is 25.1. The summed E-state index contributed by atoms with van der Waals surface area (Å²) in [7, 11) is 1.87. The number of aromatic nitrogens is 2. The molecular weight excluding hydrogens is 460 g/mol. The number of nitrogens with one attached hydrogen (secondary N) is 1. The molecule has 2 aromatic carbocycles. The molecule has 1 N–H and O–H groups in total. The van der Waals surface area contributed by atoms with Gasteiger partial charge in [0.1, 0.15) is 5.69 Å². The van der Waals surface area contributed by atoms with Gasteiger partial charge in [-0.15, -0.1) is 10.2 Å². The average Bonchev–Trinajstić information content (AvgIpc) is 3.67. The minimum Gasteiger partial charge on any atom is -0.343 e. The van der Waals surface area contributed by atoms with Gasteiger partial charge in [0.2, 0.25) is 11.8 Å². The molecule has 1 heterocycles. The van der Waals surface area contributed by atoms with Gasteiger partial charge >= 0.3 is 0 Å². The Bertz CT molecular complexity index is 1260. The van der Waals surface area contributed by atoms with E-state index in [9.17, 15) is 9.59 Å². The van der Waals surface area contributed by atoms with E-state index in [1.54, 1.807) is 6.92 Å². The molecule has 2 aliphatic carbocycles. The minimum atomic E-state index is -0.0357. The van der Waals surface area contributed by atoms with Crippen LogP contribution in [0.3, 0.4) is 0 Å². The minimum absolute atomic E-state index is 0.0357. The topological polar surface area (TPSA) is 75.2 Å². The van der Waals surface area contributed by atoms with E-state index in [-0.39, 0.29) is 17.9 Å². The van der Waals surface area contributed by atoms with Crippen molar-refractivity contribution >= 4 is 17.6 Å². The van der Waals surface area contributed by atoms with E-state index < -0.39 is 0 Å². The van der Waals surface area contributed by atoms with Crippen LogP contribution in [-0.2, 0) is 15.0 Å². The maximum absolute atomic E-state index is 12.9. The number of carbonyl (C=O) groups is 2. The van der Waals surface area contributed by atoms with Gasteiger partial charge in [0.15, 0.2) is 5.82 Å². The second-order valence-electron chi connectivity index (χ2n) is 11.1. The van der Waals surface area contributed by atoms with Crippen LogP contribution in [0.5, 0.6) is 0 Å². The Kier molecular flexibility index (Phi) is 7.09. The van der Waals surface area contributed by atoms with Gasteiger partial charge in [0, 0.05) is 37.6 Å². The summed E-state index contributed by atoms with van der Waals surface area (Å²) in [4.78, 5) is 26.4. The number of hydrogen-bond acceptors (Lipinski definition) is 4. The maximum Gasteiger partial charge on any atom is 0.225 e. The molecule has 37 heavy (non-hydrogen) atoms. The summed E-state index contributed by atoms with van der Waals surface area (Å²) in [5.74, 6) is 0.862. The van der Waals surface area contributed by atoms with E-state index in [0.717, 1.165) is 48.1 Å². The highest BCUT2D eigenvalue weighted by molar-refractivity contribution is 5.91. The van der Waals surface area contributed by atoms with Crippen LogP contribution in [0.1, 0.15) is 64.4 Å². The first-order chi connectivity index (χ1) is 17.8. The number of rotatable bonds is 7. The number of anilines is 1. The summed E-state index contributed by atoms with van der Waals surface area (Å²) in [5.41, 5.74) is 5.51. The zero-order chi connectivity index (χ0) is 26.0. The van der Waals surface area contributed by atoms with Crippen molar-refractivity contribution in [3.05, 3.63) is 66.2 Å². The highest BCUT2D eigenvalue weighted by Crippen LogP contribution is 2.47. The van der Waals surface area contributed by atoms with Gasteiger partial charge in [-0.05, 0) is 67.1 Å². The van der Waals surface area contributed by atoms with Crippen LogP contribution in [0.25, 0.3) is 22.4 Å². The van der Waals surface area contributed by atoms with Gasteiger partial charge in [-0.25, -0.2) is 0 Å². The molecule has 2 amide bonds. The van der Waals surface area contributed by atoms with Crippen LogP contribution in [-0.4, -0.2) is 40.0 Å². The molecule has 6 heteroatoms. The molecule has 0 radical (unpaired) electrons. The first-order valence-electron chi connectivity index (χ1n) is 13.4. The van der Waals surface area contributed by atoms with Crippen LogP contribution >= 0.6 is 0 Å². The van der Waals surface area contributed by atoms with Crippen LogP contribution in [0, 0.1) is 5.92 Å². The number of nitrogens with zero attached hydrogens (tertiary/aromatic N) is 3. The van der Waals surface area contributed by atoms with Crippen molar-refractivity contribution in [1.29, 1.82) is 0 Å². The van der Waals surface area contributed by atoms with Crippen molar-refractivity contribution in [3.63, 3.8) is 0 Å². The van der Waals surface area contributed by atoms with E-state index in [1.165, 1.54) is 18.4 Å². The SMILES string of the molecule is CC(=O)N(C)[C@H]1CC[C@H](CC(=O)Nc2cc(-c3ccccc3)c(-c3ccc(C4(C)CC4)cc3)nn2)CC1. The third-order valence-corrected chi connectivity index (χ3v) is 8.34. The number of hydrogen-bond donors (Lipinski definition) is 1. The Morgan fingerprint density at radius 3 is 2.24 bits per heavy atom. The number of amides is 2. The second-order valence-corrected chi connectivity index (χ2v) is 11.1. The van der Waals surface area contributed by atoms with Gasteiger partial charge in [0.25, 0.3) is 0 Å². The quantitative estimate of drug-likeness (QED) is 0.421. The molecule has 2 aliphatic rings. The van der Waals surface area contributed by atoms with E-state index >= 15 is 0 Å². The zero-order valence-corrected chi connectivity index (χ0v) is 22.0. The van der Waals surface area contributed by atoms with Crippen molar-refractivity contribution in [3.8, 4) is 22.4 Å². The Balaban J connectivity index is 1.30. The van der Waals surface area contributed by atoms with Crippen molar-refractivity contribution in [2.24, 2.45) is 5.92 Å². The third kappa shape index (κ3) is 5.74. The molecule has 0 spiro atoms. The van der Waals surface area contributed by atoms with Gasteiger partial charge < -0.3 is 10.2 Å². The fourth-order valence-corrected chi connectivity index (χ4v) is 5.46. The summed E-state index contributed by atoms with van der Waals surface area (Å²) < 4.78 is 0. The lowest BCUT2D eigenvalue weighted by Gasteiger charge is -2.34. The molecule has 2 saturated carbocycles. The van der Waals surface area contributed by atoms with E-state index in [4.69, 9.17) is 0 Å². The third-order valence-electron chi connectivity index (χ3n) is 8.34. The molecule has 0 unspecified atom stereocenters. The molecule has 192 valence electrons. The summed E-state index contributed by atoms with van der Waals surface area (Å²) in [5, 5.41) is 12.0. The highest BCUT2D eigenvalue weighted by atomic mass is 16.2. The standard InChI is InChI=1S/C31H36N4O2/c1-21(36)35(3)26-15-9-22(10-16-26)19-29(37)32-28-20-27(23-7-5-4-6-8-23)30(34-33-28)24-11-13-25(14-12-24)31(2)17-18-31/h4-8,11-14,20,22,26H,9-10,15-19H2,1-3H3,(H,32,33,37)/t22-,26-. The molecule has 3 aromatic rings. The fourth-order valence-electron chi connectivity index (χ4n) is 5.46. The fraction of sp³-hybridized carbons (Fsp3) is 0.419. The molecule has 0 atom stereocenters. The smallest absolute Gasteiger partial charge is 0.225 e. The molecule has 1 aromatic heterocycles. The zero-order valence-electron chi connectivity index (χ0n) is 22.0.